The number of nitrogens with one attached hydrogen (secondary N) is 2. The van der Waals surface area contributed by atoms with Crippen LogP contribution >= 0.6 is 23.7 Å². The predicted octanol–water partition coefficient (Wildman–Crippen LogP) is 2.00. The second kappa shape index (κ2) is 9.76. The molecule has 2 aromatic heterocycles. The maximum atomic E-state index is 12.5. The number of fused-ring (bicyclic) bond motifs is 1. The van der Waals surface area contributed by atoms with Gasteiger partial charge in [-0.15, -0.1) is 23.7 Å². The molecule has 8 heteroatoms. The zero-order valence-electron chi connectivity index (χ0n) is 14.3. The normalized spacial score (nSPS) is 10.6. The van der Waals surface area contributed by atoms with Gasteiger partial charge in [-0.05, 0) is 32.4 Å². The molecular formula is C16H25ClN4O2S. The third-order valence-corrected chi connectivity index (χ3v) is 4.90. The molecule has 0 saturated carbocycles. The Balaban J connectivity index is 0.00000288. The Morgan fingerprint density at radius 3 is 2.75 bits per heavy atom. The van der Waals surface area contributed by atoms with Crippen molar-refractivity contribution in [2.45, 2.75) is 40.2 Å². The van der Waals surface area contributed by atoms with Crippen LogP contribution in [0.5, 0.6) is 0 Å². The number of halogens is 1. The molecule has 2 rings (SSSR count). The van der Waals surface area contributed by atoms with Crippen LogP contribution in [-0.2, 0) is 11.3 Å². The lowest BCUT2D eigenvalue weighted by Crippen LogP contribution is -2.33. The SMILES string of the molecule is CCCNCCNC(=O)CCn1cnc2sc(C)c(C)c2c1=O.Cl. The van der Waals surface area contributed by atoms with Gasteiger partial charge in [0.15, 0.2) is 0 Å². The number of carbonyl (C=O) groups is 1. The Labute approximate surface area is 152 Å². The highest BCUT2D eigenvalue weighted by atomic mass is 35.5. The molecule has 24 heavy (non-hydrogen) atoms. The first-order chi connectivity index (χ1) is 11.0. The molecule has 0 bridgehead atoms. The number of hydrogen-bond acceptors (Lipinski definition) is 5. The first-order valence-corrected chi connectivity index (χ1v) is 8.78. The molecule has 0 radical (unpaired) electrons. The second-order valence-electron chi connectivity index (χ2n) is 5.56. The van der Waals surface area contributed by atoms with Gasteiger partial charge in [0.25, 0.3) is 5.56 Å². The van der Waals surface area contributed by atoms with Gasteiger partial charge in [0.05, 0.1) is 11.7 Å². The van der Waals surface area contributed by atoms with E-state index in [1.807, 2.05) is 13.8 Å². The minimum atomic E-state index is -0.0609. The van der Waals surface area contributed by atoms with Crippen molar-refractivity contribution in [2.24, 2.45) is 0 Å². The highest BCUT2D eigenvalue weighted by Gasteiger charge is 2.12. The summed E-state index contributed by atoms with van der Waals surface area (Å²) in [6.45, 7) is 8.71. The molecule has 2 N–H and O–H groups in total. The van der Waals surface area contributed by atoms with Crippen LogP contribution in [0.25, 0.3) is 10.2 Å². The van der Waals surface area contributed by atoms with E-state index >= 15 is 0 Å². The summed E-state index contributed by atoms with van der Waals surface area (Å²) in [7, 11) is 0. The number of rotatable bonds is 8. The first-order valence-electron chi connectivity index (χ1n) is 7.97. The molecule has 2 aromatic rings. The topological polar surface area (TPSA) is 76.0 Å². The molecule has 0 spiro atoms. The first kappa shape index (κ1) is 20.6. The summed E-state index contributed by atoms with van der Waals surface area (Å²) in [4.78, 5) is 30.5. The molecule has 0 atom stereocenters. The van der Waals surface area contributed by atoms with Crippen LogP contribution in [-0.4, -0.2) is 35.1 Å². The van der Waals surface area contributed by atoms with E-state index in [1.165, 1.54) is 22.2 Å². The fourth-order valence-electron chi connectivity index (χ4n) is 2.33. The Kier molecular flexibility index (Phi) is 8.38. The molecule has 134 valence electrons. The Morgan fingerprint density at radius 2 is 2.04 bits per heavy atom. The van der Waals surface area contributed by atoms with E-state index in [0.717, 1.165) is 34.8 Å². The smallest absolute Gasteiger partial charge is 0.262 e. The Morgan fingerprint density at radius 1 is 1.29 bits per heavy atom. The van der Waals surface area contributed by atoms with Gasteiger partial charge in [-0.25, -0.2) is 4.98 Å². The zero-order valence-corrected chi connectivity index (χ0v) is 16.0. The monoisotopic (exact) mass is 372 g/mol. The van der Waals surface area contributed by atoms with E-state index in [-0.39, 0.29) is 30.3 Å². The van der Waals surface area contributed by atoms with Gasteiger partial charge < -0.3 is 10.6 Å². The molecule has 6 nitrogen and oxygen atoms in total. The van der Waals surface area contributed by atoms with Crippen LogP contribution in [0.2, 0.25) is 0 Å². The van der Waals surface area contributed by atoms with E-state index in [9.17, 15) is 9.59 Å². The average molecular weight is 373 g/mol. The second-order valence-corrected chi connectivity index (χ2v) is 6.76. The van der Waals surface area contributed by atoms with E-state index in [4.69, 9.17) is 0 Å². The quantitative estimate of drug-likeness (QED) is 0.695. The predicted molar refractivity (Wildman–Crippen MR) is 101 cm³/mol. The molecule has 0 aromatic carbocycles. The van der Waals surface area contributed by atoms with Crippen molar-refractivity contribution in [3.05, 3.63) is 27.1 Å². The largest absolute Gasteiger partial charge is 0.355 e. The summed E-state index contributed by atoms with van der Waals surface area (Å²) in [6.07, 6.45) is 2.90. The van der Waals surface area contributed by atoms with E-state index in [0.29, 0.717) is 18.5 Å². The summed E-state index contributed by atoms with van der Waals surface area (Å²) >= 11 is 1.53. The third-order valence-electron chi connectivity index (χ3n) is 3.79. The summed E-state index contributed by atoms with van der Waals surface area (Å²) in [5.74, 6) is -0.0477. The van der Waals surface area contributed by atoms with Crippen molar-refractivity contribution in [1.82, 2.24) is 20.2 Å². The van der Waals surface area contributed by atoms with Gasteiger partial charge >= 0.3 is 0 Å². The van der Waals surface area contributed by atoms with Crippen molar-refractivity contribution in [3.8, 4) is 0 Å². The lowest BCUT2D eigenvalue weighted by Gasteiger charge is -2.07. The summed E-state index contributed by atoms with van der Waals surface area (Å²) in [5.41, 5.74) is 0.928. The molecule has 0 saturated heterocycles. The summed E-state index contributed by atoms with van der Waals surface area (Å²) in [6, 6.07) is 0. The molecule has 0 fully saturated rings. The van der Waals surface area contributed by atoms with Gasteiger partial charge in [-0.2, -0.15) is 0 Å². The van der Waals surface area contributed by atoms with E-state index in [2.05, 4.69) is 22.5 Å². The van der Waals surface area contributed by atoms with Crippen molar-refractivity contribution in [1.29, 1.82) is 0 Å². The van der Waals surface area contributed by atoms with Gasteiger partial charge in [0, 0.05) is 30.9 Å². The van der Waals surface area contributed by atoms with Crippen LogP contribution in [0.3, 0.4) is 0 Å². The molecule has 0 unspecified atom stereocenters. The number of thiophene rings is 1. The average Bonchev–Trinajstić information content (AvgIpc) is 2.82. The van der Waals surface area contributed by atoms with Gasteiger partial charge in [-0.3, -0.25) is 14.2 Å². The molecule has 1 amide bonds. The van der Waals surface area contributed by atoms with Crippen molar-refractivity contribution in [3.63, 3.8) is 0 Å². The number of aromatic nitrogens is 2. The van der Waals surface area contributed by atoms with Crippen molar-refractivity contribution < 1.29 is 4.79 Å². The summed E-state index contributed by atoms with van der Waals surface area (Å²) in [5, 5.41) is 6.75. The van der Waals surface area contributed by atoms with Crippen LogP contribution in [0.15, 0.2) is 11.1 Å². The van der Waals surface area contributed by atoms with Gasteiger partial charge in [0.2, 0.25) is 5.91 Å². The maximum absolute atomic E-state index is 12.5. The highest BCUT2D eigenvalue weighted by molar-refractivity contribution is 7.18. The highest BCUT2D eigenvalue weighted by Crippen LogP contribution is 2.25. The third kappa shape index (κ3) is 5.03. The zero-order chi connectivity index (χ0) is 16.8. The van der Waals surface area contributed by atoms with Crippen LogP contribution < -0.4 is 16.2 Å². The minimum absolute atomic E-state index is 0. The fraction of sp³-hybridized carbons (Fsp3) is 0.562. The number of carbonyl (C=O) groups excluding carboxylic acids is 1. The Hall–Kier alpha value is -1.44. The minimum Gasteiger partial charge on any atom is -0.355 e. The standard InChI is InChI=1S/C16H24N4O2S.ClH/c1-4-6-17-7-8-18-13(21)5-9-20-10-19-15-14(16(20)22)11(2)12(3)23-15;/h10,17H,4-9H2,1-3H3,(H,18,21);1H. The number of amides is 1. The number of aryl methyl sites for hydroxylation is 3. The van der Waals surface area contributed by atoms with Crippen molar-refractivity contribution >= 4 is 39.9 Å². The molecule has 2 heterocycles. The lowest BCUT2D eigenvalue weighted by molar-refractivity contribution is -0.121. The van der Waals surface area contributed by atoms with Crippen LogP contribution in [0.1, 0.15) is 30.2 Å². The van der Waals surface area contributed by atoms with E-state index in [1.54, 1.807) is 0 Å². The number of nitrogens with zero attached hydrogens (tertiary/aromatic N) is 2. The Bertz CT molecular complexity index is 741. The lowest BCUT2D eigenvalue weighted by atomic mass is 10.2. The molecule has 0 aliphatic heterocycles. The van der Waals surface area contributed by atoms with E-state index < -0.39 is 0 Å². The summed E-state index contributed by atoms with van der Waals surface area (Å²) < 4.78 is 1.52. The maximum Gasteiger partial charge on any atom is 0.262 e. The molecular weight excluding hydrogens is 348 g/mol. The molecule has 0 aliphatic rings. The van der Waals surface area contributed by atoms with Crippen LogP contribution in [0.4, 0.5) is 0 Å². The van der Waals surface area contributed by atoms with Crippen molar-refractivity contribution in [2.75, 3.05) is 19.6 Å². The number of hydrogen-bond donors (Lipinski definition) is 2. The fourth-order valence-corrected chi connectivity index (χ4v) is 3.32. The van der Waals surface area contributed by atoms with Gasteiger partial charge in [-0.1, -0.05) is 6.92 Å². The molecule has 0 aliphatic carbocycles. The van der Waals surface area contributed by atoms with Gasteiger partial charge in [0.1, 0.15) is 4.83 Å². The van der Waals surface area contributed by atoms with Crippen LogP contribution in [0, 0.1) is 13.8 Å².